The maximum Gasteiger partial charge on any atom is 0.391 e. The van der Waals surface area contributed by atoms with Crippen LogP contribution in [0.15, 0.2) is 40.1 Å². The quantitative estimate of drug-likeness (QED) is 0.598. The van der Waals surface area contributed by atoms with Crippen LogP contribution in [0.2, 0.25) is 5.15 Å². The molecule has 0 aromatic carbocycles. The Morgan fingerprint density at radius 2 is 2.24 bits per heavy atom. The smallest absolute Gasteiger partial charge is 0.391 e. The molecule has 11 heteroatoms. The van der Waals surface area contributed by atoms with Crippen LogP contribution in [0.1, 0.15) is 0 Å². The summed E-state index contributed by atoms with van der Waals surface area (Å²) in [5.74, 6) is -0.0975. The third-order valence-corrected chi connectivity index (χ3v) is 5.99. The highest BCUT2D eigenvalue weighted by molar-refractivity contribution is 7.90. The van der Waals surface area contributed by atoms with Gasteiger partial charge in [-0.15, -0.1) is 0 Å². The molecule has 21 heavy (non-hydrogen) atoms. The Morgan fingerprint density at radius 3 is 2.86 bits per heavy atom. The van der Waals surface area contributed by atoms with Crippen LogP contribution < -0.4 is 9.25 Å². The third-order valence-electron chi connectivity index (χ3n) is 2.23. The van der Waals surface area contributed by atoms with Gasteiger partial charge >= 0.3 is 7.60 Å². The number of hydrogen-bond acceptors (Lipinski definition) is 6. The predicted octanol–water partition coefficient (Wildman–Crippen LogP) is 2.30. The van der Waals surface area contributed by atoms with E-state index in [4.69, 9.17) is 16.1 Å². The minimum absolute atomic E-state index is 0.0203. The van der Waals surface area contributed by atoms with Gasteiger partial charge in [0.25, 0.3) is 0 Å². The van der Waals surface area contributed by atoms with Gasteiger partial charge in [-0.05, 0) is 23.6 Å². The monoisotopic (exact) mass is 368 g/mol. The number of halogens is 1. The standard InChI is InChI=1S/C10H10ClN2O5PS2/c11-10-9(2-1-4-12-10)18-19(14,15)7-13-21(16,17)8-3-5-20-6-8/h1-6,13H,7H2,(H,14,15). The number of nitrogens with one attached hydrogen (secondary N) is 1. The van der Waals surface area contributed by atoms with E-state index in [0.29, 0.717) is 0 Å². The summed E-state index contributed by atoms with van der Waals surface area (Å²) < 4.78 is 42.4. The topological polar surface area (TPSA) is 106 Å². The second-order valence-corrected chi connectivity index (χ2v) is 8.46. The maximum absolute atomic E-state index is 11.9. The predicted molar refractivity (Wildman–Crippen MR) is 79.2 cm³/mol. The maximum atomic E-state index is 11.9. The molecule has 0 saturated carbocycles. The van der Waals surface area contributed by atoms with Crippen LogP contribution in [0.3, 0.4) is 0 Å². The fourth-order valence-corrected chi connectivity index (χ4v) is 5.03. The minimum atomic E-state index is -4.25. The Labute approximate surface area is 130 Å². The van der Waals surface area contributed by atoms with Gasteiger partial charge in [-0.3, -0.25) is 0 Å². The van der Waals surface area contributed by atoms with Crippen molar-refractivity contribution in [3.05, 3.63) is 40.3 Å². The first-order valence-electron chi connectivity index (χ1n) is 5.44. The van der Waals surface area contributed by atoms with Crippen LogP contribution in [0, 0.1) is 0 Å². The van der Waals surface area contributed by atoms with E-state index in [1.165, 1.54) is 41.1 Å². The summed E-state index contributed by atoms with van der Waals surface area (Å²) in [7, 11) is -8.10. The van der Waals surface area contributed by atoms with Crippen LogP contribution in [0.5, 0.6) is 5.75 Å². The molecule has 0 aliphatic carbocycles. The van der Waals surface area contributed by atoms with Crippen molar-refractivity contribution in [3.63, 3.8) is 0 Å². The molecule has 0 bridgehead atoms. The number of pyridine rings is 1. The molecule has 0 aliphatic rings. The van der Waals surface area contributed by atoms with Gasteiger partial charge in [0.1, 0.15) is 6.29 Å². The highest BCUT2D eigenvalue weighted by Gasteiger charge is 2.26. The van der Waals surface area contributed by atoms with E-state index in [9.17, 15) is 17.9 Å². The molecular formula is C10H10ClN2O5PS2. The Balaban J connectivity index is 2.05. The largest absolute Gasteiger partial charge is 0.420 e. The first-order valence-corrected chi connectivity index (χ1v) is 10.0. The summed E-state index contributed by atoms with van der Waals surface area (Å²) in [6, 6.07) is 4.20. The highest BCUT2D eigenvalue weighted by atomic mass is 35.5. The van der Waals surface area contributed by atoms with E-state index in [2.05, 4.69) is 4.98 Å². The van der Waals surface area contributed by atoms with Crippen LogP contribution in [0.4, 0.5) is 0 Å². The molecule has 1 unspecified atom stereocenters. The van der Waals surface area contributed by atoms with E-state index in [1.54, 1.807) is 5.38 Å². The second kappa shape index (κ2) is 6.43. The Bertz CT molecular complexity index is 766. The molecule has 2 aromatic rings. The molecular weight excluding hydrogens is 359 g/mol. The zero-order valence-corrected chi connectivity index (χ0v) is 13.6. The summed E-state index contributed by atoms with van der Waals surface area (Å²) in [5.41, 5.74) is 0. The van der Waals surface area contributed by atoms with Gasteiger partial charge in [-0.25, -0.2) is 18.0 Å². The Hall–Kier alpha value is -0.960. The Morgan fingerprint density at radius 1 is 1.48 bits per heavy atom. The first kappa shape index (κ1) is 16.4. The fourth-order valence-electron chi connectivity index (χ4n) is 1.28. The molecule has 114 valence electrons. The molecule has 0 fully saturated rings. The van der Waals surface area contributed by atoms with Crippen LogP contribution in [-0.2, 0) is 14.6 Å². The lowest BCUT2D eigenvalue weighted by atomic mass is 10.5. The molecule has 2 rings (SSSR count). The van der Waals surface area contributed by atoms with Crippen molar-refractivity contribution in [2.45, 2.75) is 4.90 Å². The summed E-state index contributed by atoms with van der Waals surface area (Å²) in [6.07, 6.45) is 0.604. The normalized spacial score (nSPS) is 14.6. The number of sulfonamides is 1. The lowest BCUT2D eigenvalue weighted by Crippen LogP contribution is -2.25. The molecule has 2 heterocycles. The van der Waals surface area contributed by atoms with Crippen LogP contribution >= 0.6 is 30.5 Å². The molecule has 0 saturated heterocycles. The van der Waals surface area contributed by atoms with Gasteiger partial charge in [0.05, 0.1) is 4.90 Å². The van der Waals surface area contributed by atoms with Gasteiger partial charge in [0, 0.05) is 11.6 Å². The van der Waals surface area contributed by atoms with Gasteiger partial charge in [0.2, 0.25) is 10.0 Å². The van der Waals surface area contributed by atoms with Crippen molar-refractivity contribution in [1.82, 2.24) is 9.71 Å². The first-order chi connectivity index (χ1) is 9.80. The van der Waals surface area contributed by atoms with E-state index < -0.39 is 23.9 Å². The lowest BCUT2D eigenvalue weighted by molar-refractivity contribution is 0.377. The molecule has 0 aliphatic heterocycles. The highest BCUT2D eigenvalue weighted by Crippen LogP contribution is 2.43. The van der Waals surface area contributed by atoms with E-state index in [0.717, 1.165) is 0 Å². The van der Waals surface area contributed by atoms with E-state index in [-0.39, 0.29) is 15.8 Å². The lowest BCUT2D eigenvalue weighted by Gasteiger charge is -2.14. The number of hydrogen-bond donors (Lipinski definition) is 2. The zero-order valence-electron chi connectivity index (χ0n) is 10.3. The van der Waals surface area contributed by atoms with Crippen molar-refractivity contribution in [1.29, 1.82) is 0 Å². The average molecular weight is 369 g/mol. The third kappa shape index (κ3) is 4.50. The molecule has 7 nitrogen and oxygen atoms in total. The molecule has 1 atom stereocenters. The van der Waals surface area contributed by atoms with E-state index >= 15 is 0 Å². The van der Waals surface area contributed by atoms with Gasteiger partial charge in [-0.2, -0.15) is 16.1 Å². The molecule has 2 N–H and O–H groups in total. The minimum Gasteiger partial charge on any atom is -0.420 e. The van der Waals surface area contributed by atoms with Crippen molar-refractivity contribution in [2.24, 2.45) is 0 Å². The molecule has 2 aromatic heterocycles. The van der Waals surface area contributed by atoms with Crippen molar-refractivity contribution >= 4 is 40.6 Å². The summed E-state index contributed by atoms with van der Waals surface area (Å²) in [6.45, 7) is 0. The van der Waals surface area contributed by atoms with E-state index in [1.807, 2.05) is 4.72 Å². The van der Waals surface area contributed by atoms with Gasteiger partial charge in [0.15, 0.2) is 10.9 Å². The number of rotatable bonds is 6. The number of thiophene rings is 1. The second-order valence-electron chi connectivity index (χ2n) is 3.79. The zero-order chi connectivity index (χ0) is 15.5. The average Bonchev–Trinajstić information content (AvgIpc) is 2.94. The van der Waals surface area contributed by atoms with Crippen molar-refractivity contribution < 1.29 is 22.4 Å². The molecule has 0 spiro atoms. The van der Waals surface area contributed by atoms with Gasteiger partial charge in [-0.1, -0.05) is 11.6 Å². The number of aromatic nitrogens is 1. The fraction of sp³-hybridized carbons (Fsp3) is 0.100. The van der Waals surface area contributed by atoms with Crippen molar-refractivity contribution in [3.8, 4) is 5.75 Å². The number of nitrogens with zero attached hydrogens (tertiary/aromatic N) is 1. The van der Waals surface area contributed by atoms with Crippen molar-refractivity contribution in [2.75, 3.05) is 6.29 Å². The van der Waals surface area contributed by atoms with Gasteiger partial charge < -0.3 is 9.42 Å². The SMILES string of the molecule is O=P(O)(CNS(=O)(=O)c1ccsc1)Oc1cccnc1Cl. The summed E-state index contributed by atoms with van der Waals surface area (Å²) >= 11 is 6.89. The summed E-state index contributed by atoms with van der Waals surface area (Å²) in [5, 5.41) is 2.90. The van der Waals surface area contributed by atoms with Crippen LogP contribution in [0.25, 0.3) is 0 Å². The summed E-state index contributed by atoms with van der Waals surface area (Å²) in [4.78, 5) is 13.4. The van der Waals surface area contributed by atoms with Crippen LogP contribution in [-0.4, -0.2) is 24.6 Å². The molecule has 0 radical (unpaired) electrons. The Kier molecular flexibility index (Phi) is 5.03. The molecule has 0 amide bonds.